The van der Waals surface area contributed by atoms with Gasteiger partial charge in [0.05, 0.1) is 41.4 Å². The van der Waals surface area contributed by atoms with Crippen LogP contribution in [0.4, 0.5) is 4.39 Å². The van der Waals surface area contributed by atoms with Crippen LogP contribution in [0.3, 0.4) is 0 Å². The molecule has 0 saturated carbocycles. The minimum absolute atomic E-state index is 0.205. The maximum absolute atomic E-state index is 13.1. The van der Waals surface area contributed by atoms with Gasteiger partial charge >= 0.3 is 0 Å². The van der Waals surface area contributed by atoms with Crippen molar-refractivity contribution >= 4 is 16.8 Å². The Morgan fingerprint density at radius 1 is 1.19 bits per heavy atom. The summed E-state index contributed by atoms with van der Waals surface area (Å²) < 4.78 is 14.8. The summed E-state index contributed by atoms with van der Waals surface area (Å²) >= 11 is 0. The predicted octanol–water partition coefficient (Wildman–Crippen LogP) is 2.77. The number of rotatable bonds is 4. The first-order valence-electron chi connectivity index (χ1n) is 8.00. The highest BCUT2D eigenvalue weighted by molar-refractivity contribution is 6.06. The Labute approximate surface area is 147 Å². The van der Waals surface area contributed by atoms with Gasteiger partial charge < -0.3 is 5.32 Å². The number of nitrogens with one attached hydrogen (secondary N) is 2. The second kappa shape index (κ2) is 6.40. The Morgan fingerprint density at radius 3 is 2.73 bits per heavy atom. The zero-order valence-electron chi connectivity index (χ0n) is 13.8. The van der Waals surface area contributed by atoms with Gasteiger partial charge in [-0.05, 0) is 31.2 Å². The highest BCUT2D eigenvalue weighted by Gasteiger charge is 2.17. The summed E-state index contributed by atoms with van der Waals surface area (Å²) in [5.41, 5.74) is 2.65. The zero-order valence-corrected chi connectivity index (χ0v) is 13.8. The van der Waals surface area contributed by atoms with Crippen molar-refractivity contribution in [3.8, 4) is 5.69 Å². The van der Waals surface area contributed by atoms with Crippen molar-refractivity contribution in [1.29, 1.82) is 0 Å². The lowest BCUT2D eigenvalue weighted by atomic mass is 10.1. The zero-order chi connectivity index (χ0) is 18.1. The van der Waals surface area contributed by atoms with Crippen molar-refractivity contribution in [2.75, 3.05) is 0 Å². The average molecular weight is 350 g/mol. The van der Waals surface area contributed by atoms with Crippen molar-refractivity contribution in [1.82, 2.24) is 30.3 Å². The van der Waals surface area contributed by atoms with E-state index >= 15 is 0 Å². The molecule has 0 bridgehead atoms. The van der Waals surface area contributed by atoms with Gasteiger partial charge in [-0.15, -0.1) is 0 Å². The molecule has 4 aromatic rings. The van der Waals surface area contributed by atoms with Crippen molar-refractivity contribution in [3.05, 3.63) is 72.2 Å². The summed E-state index contributed by atoms with van der Waals surface area (Å²) in [7, 11) is 0. The average Bonchev–Trinajstić information content (AvgIpc) is 3.32. The topological polar surface area (TPSA) is 88.5 Å². The molecule has 0 spiro atoms. The number of aromatic nitrogens is 5. The van der Waals surface area contributed by atoms with Gasteiger partial charge in [0.25, 0.3) is 5.91 Å². The van der Waals surface area contributed by atoms with E-state index in [1.54, 1.807) is 41.6 Å². The molecule has 0 fully saturated rings. The van der Waals surface area contributed by atoms with E-state index in [2.05, 4.69) is 25.6 Å². The highest BCUT2D eigenvalue weighted by Crippen LogP contribution is 2.21. The van der Waals surface area contributed by atoms with Gasteiger partial charge in [-0.1, -0.05) is 0 Å². The number of nitrogens with zero attached hydrogens (tertiary/aromatic N) is 4. The summed E-state index contributed by atoms with van der Waals surface area (Å²) in [6.45, 7) is 1.87. The van der Waals surface area contributed by atoms with Gasteiger partial charge in [-0.3, -0.25) is 14.9 Å². The third-order valence-electron chi connectivity index (χ3n) is 4.18. The number of fused-ring (bicyclic) bond motifs is 1. The number of hydrogen-bond donors (Lipinski definition) is 2. The standard InChI is InChI=1S/C18H15FN6O/c1-11(12-6-21-22-7-12)24-18(26)16-8-20-10-17-15(16)9-23-25(17)14-4-2-13(19)3-5-14/h2-11H,1H3,(H,21,22)(H,24,26). The molecule has 3 aromatic heterocycles. The molecule has 8 heteroatoms. The van der Waals surface area contributed by atoms with Crippen LogP contribution in [0.25, 0.3) is 16.6 Å². The number of benzene rings is 1. The third kappa shape index (κ3) is 2.81. The fraction of sp³-hybridized carbons (Fsp3) is 0.111. The van der Waals surface area contributed by atoms with Gasteiger partial charge in [0.2, 0.25) is 0 Å². The van der Waals surface area contributed by atoms with Crippen LogP contribution in [-0.2, 0) is 0 Å². The first-order chi connectivity index (χ1) is 12.6. The van der Waals surface area contributed by atoms with Crippen LogP contribution >= 0.6 is 0 Å². The van der Waals surface area contributed by atoms with Crippen LogP contribution in [0.2, 0.25) is 0 Å². The van der Waals surface area contributed by atoms with Crippen LogP contribution in [0.5, 0.6) is 0 Å². The molecule has 1 atom stereocenters. The molecular formula is C18H15FN6O. The van der Waals surface area contributed by atoms with E-state index in [1.165, 1.54) is 18.3 Å². The minimum Gasteiger partial charge on any atom is -0.345 e. The number of halogens is 1. The number of pyridine rings is 1. The summed E-state index contributed by atoms with van der Waals surface area (Å²) in [5, 5.41) is 14.5. The Bertz CT molecular complexity index is 1060. The molecule has 130 valence electrons. The summed E-state index contributed by atoms with van der Waals surface area (Å²) in [6.07, 6.45) is 8.14. The quantitative estimate of drug-likeness (QED) is 0.592. The fourth-order valence-corrected chi connectivity index (χ4v) is 2.77. The molecule has 1 unspecified atom stereocenters. The molecule has 0 aliphatic carbocycles. The van der Waals surface area contributed by atoms with E-state index in [4.69, 9.17) is 0 Å². The van der Waals surface area contributed by atoms with E-state index in [1.807, 2.05) is 6.92 Å². The Balaban J connectivity index is 1.68. The highest BCUT2D eigenvalue weighted by atomic mass is 19.1. The Hall–Kier alpha value is -3.55. The van der Waals surface area contributed by atoms with Crippen LogP contribution in [-0.4, -0.2) is 30.9 Å². The number of amides is 1. The molecule has 2 N–H and O–H groups in total. The number of H-pyrrole nitrogens is 1. The lowest BCUT2D eigenvalue weighted by molar-refractivity contribution is 0.0941. The molecule has 0 aliphatic rings. The predicted molar refractivity (Wildman–Crippen MR) is 93.3 cm³/mol. The summed E-state index contributed by atoms with van der Waals surface area (Å²) in [5.74, 6) is -0.577. The van der Waals surface area contributed by atoms with Gasteiger partial charge in [0, 0.05) is 23.3 Å². The second-order valence-electron chi connectivity index (χ2n) is 5.88. The maximum Gasteiger partial charge on any atom is 0.254 e. The van der Waals surface area contributed by atoms with E-state index in [0.29, 0.717) is 22.2 Å². The molecule has 7 nitrogen and oxygen atoms in total. The van der Waals surface area contributed by atoms with Gasteiger partial charge in [0.15, 0.2) is 0 Å². The van der Waals surface area contributed by atoms with Crippen LogP contribution < -0.4 is 5.32 Å². The smallest absolute Gasteiger partial charge is 0.254 e. The SMILES string of the molecule is CC(NC(=O)c1cncc2c1cnn2-c1ccc(F)cc1)c1cn[nH]c1. The molecule has 0 saturated heterocycles. The number of hydrogen-bond acceptors (Lipinski definition) is 4. The largest absolute Gasteiger partial charge is 0.345 e. The summed E-state index contributed by atoms with van der Waals surface area (Å²) in [6, 6.07) is 5.76. The summed E-state index contributed by atoms with van der Waals surface area (Å²) in [4.78, 5) is 16.9. The molecule has 3 heterocycles. The second-order valence-corrected chi connectivity index (χ2v) is 5.88. The monoisotopic (exact) mass is 350 g/mol. The first-order valence-corrected chi connectivity index (χ1v) is 8.00. The van der Waals surface area contributed by atoms with Crippen molar-refractivity contribution in [2.24, 2.45) is 0 Å². The Kier molecular flexibility index (Phi) is 3.92. The minimum atomic E-state index is -0.323. The van der Waals surface area contributed by atoms with Crippen molar-refractivity contribution < 1.29 is 9.18 Å². The van der Waals surface area contributed by atoms with E-state index in [0.717, 1.165) is 5.56 Å². The molecule has 1 aromatic carbocycles. The molecule has 0 radical (unpaired) electrons. The molecule has 4 rings (SSSR count). The number of aromatic amines is 1. The fourth-order valence-electron chi connectivity index (χ4n) is 2.77. The first kappa shape index (κ1) is 15.9. The van der Waals surface area contributed by atoms with Crippen LogP contribution in [0.15, 0.2) is 55.2 Å². The van der Waals surface area contributed by atoms with Crippen LogP contribution in [0, 0.1) is 5.82 Å². The van der Waals surface area contributed by atoms with Gasteiger partial charge in [0.1, 0.15) is 5.82 Å². The third-order valence-corrected chi connectivity index (χ3v) is 4.18. The number of carbonyl (C=O) groups excluding carboxylic acids is 1. The van der Waals surface area contributed by atoms with E-state index in [9.17, 15) is 9.18 Å². The maximum atomic E-state index is 13.1. The lowest BCUT2D eigenvalue weighted by Gasteiger charge is -2.12. The van der Waals surface area contributed by atoms with Crippen molar-refractivity contribution in [2.45, 2.75) is 13.0 Å². The van der Waals surface area contributed by atoms with E-state index < -0.39 is 0 Å². The lowest BCUT2D eigenvalue weighted by Crippen LogP contribution is -2.26. The molecule has 26 heavy (non-hydrogen) atoms. The van der Waals surface area contributed by atoms with Crippen LogP contribution in [0.1, 0.15) is 28.9 Å². The Morgan fingerprint density at radius 2 is 2.00 bits per heavy atom. The van der Waals surface area contributed by atoms with Gasteiger partial charge in [-0.25, -0.2) is 9.07 Å². The molecule has 0 aliphatic heterocycles. The molecule has 1 amide bonds. The number of carbonyl (C=O) groups is 1. The van der Waals surface area contributed by atoms with Crippen molar-refractivity contribution in [3.63, 3.8) is 0 Å². The van der Waals surface area contributed by atoms with Gasteiger partial charge in [-0.2, -0.15) is 10.2 Å². The van der Waals surface area contributed by atoms with E-state index in [-0.39, 0.29) is 17.8 Å². The molecular weight excluding hydrogens is 335 g/mol. The normalized spacial score (nSPS) is 12.2.